The van der Waals surface area contributed by atoms with E-state index in [0.29, 0.717) is 11.3 Å². The summed E-state index contributed by atoms with van der Waals surface area (Å²) in [4.78, 5) is 4.13. The molecule has 2 heterocycles. The highest BCUT2D eigenvalue weighted by Gasteiger charge is 2.42. The molecule has 2 aromatic carbocycles. The van der Waals surface area contributed by atoms with Gasteiger partial charge in [-0.2, -0.15) is 0 Å². The number of ether oxygens (including phenoxy) is 1. The molecule has 0 saturated heterocycles. The molecule has 0 N–H and O–H groups in total. The van der Waals surface area contributed by atoms with Crippen LogP contribution in [-0.2, 0) is 26.3 Å². The first kappa shape index (κ1) is 18.6. The number of hydrogen-bond donors (Lipinski definition) is 0. The van der Waals surface area contributed by atoms with Gasteiger partial charge in [0.25, 0.3) is 0 Å². The van der Waals surface area contributed by atoms with Crippen LogP contribution in [0.5, 0.6) is 5.75 Å². The largest absolute Gasteiger partial charge is 0.489 e. The molecule has 3 aromatic rings. The molecular weight excluding hydrogens is 398 g/mol. The van der Waals surface area contributed by atoms with Crippen molar-refractivity contribution in [3.05, 3.63) is 84.2 Å². The Morgan fingerprint density at radius 3 is 2.64 bits per heavy atom. The van der Waals surface area contributed by atoms with Crippen molar-refractivity contribution in [1.29, 1.82) is 0 Å². The Morgan fingerprint density at radius 2 is 1.86 bits per heavy atom. The molecule has 0 radical (unpaired) electrons. The maximum absolute atomic E-state index is 13.2. The van der Waals surface area contributed by atoms with Crippen LogP contribution in [0.2, 0.25) is 0 Å². The van der Waals surface area contributed by atoms with Gasteiger partial charge in [-0.1, -0.05) is 30.3 Å². The standard InChI is InChI=1S/C20H17NO5S2/c22-27(23)14-20(18-8-1-2-9-19(18)27)28(24,25)17-7-3-6-16(11-17)26-13-15-5-4-10-21-12-15/h1-12,20H,13-14H2. The lowest BCUT2D eigenvalue weighted by Gasteiger charge is -2.13. The Balaban J connectivity index is 1.64. The predicted molar refractivity (Wildman–Crippen MR) is 103 cm³/mol. The molecule has 6 nitrogen and oxygen atoms in total. The molecule has 0 spiro atoms. The van der Waals surface area contributed by atoms with E-state index in [0.717, 1.165) is 5.56 Å². The molecule has 144 valence electrons. The van der Waals surface area contributed by atoms with Gasteiger partial charge < -0.3 is 4.74 Å². The molecule has 0 fully saturated rings. The Morgan fingerprint density at radius 1 is 1.04 bits per heavy atom. The molecule has 0 bridgehead atoms. The van der Waals surface area contributed by atoms with E-state index in [-0.39, 0.29) is 16.4 Å². The van der Waals surface area contributed by atoms with Crippen molar-refractivity contribution in [3.63, 3.8) is 0 Å². The number of nitrogens with zero attached hydrogens (tertiary/aromatic N) is 1. The minimum absolute atomic E-state index is 0.0353. The van der Waals surface area contributed by atoms with E-state index in [1.807, 2.05) is 6.07 Å². The van der Waals surface area contributed by atoms with Crippen molar-refractivity contribution in [2.75, 3.05) is 5.75 Å². The van der Waals surface area contributed by atoms with Crippen LogP contribution in [-0.4, -0.2) is 27.6 Å². The van der Waals surface area contributed by atoms with E-state index in [4.69, 9.17) is 4.74 Å². The molecule has 0 saturated carbocycles. The molecule has 1 aromatic heterocycles. The number of fused-ring (bicyclic) bond motifs is 1. The Kier molecular flexibility index (Phi) is 4.68. The van der Waals surface area contributed by atoms with Crippen LogP contribution in [0.15, 0.2) is 82.8 Å². The molecule has 8 heteroatoms. The molecule has 1 unspecified atom stereocenters. The summed E-state index contributed by atoms with van der Waals surface area (Å²) in [5.74, 6) is -0.0609. The summed E-state index contributed by atoms with van der Waals surface area (Å²) in [5, 5.41) is -1.12. The number of rotatable bonds is 5. The summed E-state index contributed by atoms with van der Waals surface area (Å²) in [7, 11) is -7.52. The fraction of sp³-hybridized carbons (Fsp3) is 0.150. The van der Waals surface area contributed by atoms with Gasteiger partial charge >= 0.3 is 0 Å². The first-order chi connectivity index (χ1) is 13.4. The number of hydrogen-bond acceptors (Lipinski definition) is 6. The highest BCUT2D eigenvalue weighted by atomic mass is 32.2. The molecule has 0 amide bonds. The van der Waals surface area contributed by atoms with Crippen LogP contribution < -0.4 is 4.74 Å². The van der Waals surface area contributed by atoms with E-state index in [1.54, 1.807) is 48.8 Å². The van der Waals surface area contributed by atoms with Gasteiger partial charge in [0.2, 0.25) is 0 Å². The quantitative estimate of drug-likeness (QED) is 0.636. The summed E-state index contributed by atoms with van der Waals surface area (Å²) < 4.78 is 56.8. The van der Waals surface area contributed by atoms with Crippen LogP contribution in [0.3, 0.4) is 0 Å². The number of sulfone groups is 2. The first-order valence-corrected chi connectivity index (χ1v) is 11.8. The third-order valence-corrected chi connectivity index (χ3v) is 8.71. The third kappa shape index (κ3) is 3.41. The Labute approximate surface area is 163 Å². The van der Waals surface area contributed by atoms with Crippen molar-refractivity contribution in [3.8, 4) is 5.75 Å². The average molecular weight is 415 g/mol. The Bertz CT molecular complexity index is 1220. The number of benzene rings is 2. The van der Waals surface area contributed by atoms with E-state index in [9.17, 15) is 16.8 Å². The predicted octanol–water partition coefficient (Wildman–Crippen LogP) is 2.96. The zero-order valence-electron chi connectivity index (χ0n) is 14.7. The van der Waals surface area contributed by atoms with E-state index >= 15 is 0 Å². The number of aromatic nitrogens is 1. The van der Waals surface area contributed by atoms with Crippen LogP contribution >= 0.6 is 0 Å². The number of pyridine rings is 1. The molecular formula is C20H17NO5S2. The minimum Gasteiger partial charge on any atom is -0.489 e. The Hall–Kier alpha value is -2.71. The highest BCUT2D eigenvalue weighted by Crippen LogP contribution is 2.41. The molecule has 28 heavy (non-hydrogen) atoms. The van der Waals surface area contributed by atoms with Gasteiger partial charge in [0.05, 0.1) is 15.5 Å². The van der Waals surface area contributed by atoms with Crippen molar-refractivity contribution in [1.82, 2.24) is 4.98 Å². The molecule has 4 rings (SSSR count). The SMILES string of the molecule is O=S1(=O)CC(S(=O)(=O)c2cccc(OCc3cccnc3)c2)c2ccccc21. The smallest absolute Gasteiger partial charge is 0.186 e. The van der Waals surface area contributed by atoms with Crippen molar-refractivity contribution >= 4 is 19.7 Å². The second-order valence-corrected chi connectivity index (χ2v) is 10.6. The topological polar surface area (TPSA) is 90.4 Å². The van der Waals surface area contributed by atoms with Crippen molar-refractivity contribution in [2.24, 2.45) is 0 Å². The van der Waals surface area contributed by atoms with Gasteiger partial charge in [0.1, 0.15) is 17.6 Å². The van der Waals surface area contributed by atoms with Gasteiger partial charge in [-0.3, -0.25) is 4.98 Å². The molecule has 1 atom stereocenters. The lowest BCUT2D eigenvalue weighted by atomic mass is 10.2. The van der Waals surface area contributed by atoms with Gasteiger partial charge in [-0.15, -0.1) is 0 Å². The minimum atomic E-state index is -3.90. The lowest BCUT2D eigenvalue weighted by molar-refractivity contribution is 0.305. The van der Waals surface area contributed by atoms with E-state index in [2.05, 4.69) is 4.98 Å². The van der Waals surface area contributed by atoms with Crippen LogP contribution in [0, 0.1) is 0 Å². The maximum Gasteiger partial charge on any atom is 0.186 e. The monoisotopic (exact) mass is 415 g/mol. The second kappa shape index (κ2) is 7.03. The molecule has 0 aliphatic carbocycles. The normalized spacial score (nSPS) is 17.8. The summed E-state index contributed by atoms with van der Waals surface area (Å²) in [5.41, 5.74) is 1.18. The zero-order valence-corrected chi connectivity index (χ0v) is 16.4. The van der Waals surface area contributed by atoms with Gasteiger partial charge in [-0.05, 0) is 35.9 Å². The molecule has 1 aliphatic heterocycles. The summed E-state index contributed by atoms with van der Waals surface area (Å²) in [6.07, 6.45) is 3.32. The summed E-state index contributed by atoms with van der Waals surface area (Å²) >= 11 is 0. The molecule has 1 aliphatic rings. The summed E-state index contributed by atoms with van der Waals surface area (Å²) in [6.45, 7) is 0.248. The van der Waals surface area contributed by atoms with Gasteiger partial charge in [0.15, 0.2) is 19.7 Å². The van der Waals surface area contributed by atoms with E-state index in [1.165, 1.54) is 18.2 Å². The van der Waals surface area contributed by atoms with Crippen LogP contribution in [0.1, 0.15) is 16.4 Å². The second-order valence-electron chi connectivity index (χ2n) is 6.48. The fourth-order valence-corrected chi connectivity index (χ4v) is 7.58. The lowest BCUT2D eigenvalue weighted by Crippen LogP contribution is -2.16. The fourth-order valence-electron chi connectivity index (χ4n) is 3.22. The average Bonchev–Trinajstić information content (AvgIpc) is 2.99. The van der Waals surface area contributed by atoms with Crippen molar-refractivity contribution in [2.45, 2.75) is 21.6 Å². The highest BCUT2D eigenvalue weighted by molar-refractivity contribution is 7.96. The van der Waals surface area contributed by atoms with Crippen LogP contribution in [0.4, 0.5) is 0 Å². The van der Waals surface area contributed by atoms with Crippen molar-refractivity contribution < 1.29 is 21.6 Å². The zero-order chi connectivity index (χ0) is 19.8. The van der Waals surface area contributed by atoms with Gasteiger partial charge in [0, 0.05) is 18.0 Å². The maximum atomic E-state index is 13.2. The van der Waals surface area contributed by atoms with Crippen LogP contribution in [0.25, 0.3) is 0 Å². The first-order valence-electron chi connectivity index (χ1n) is 8.55. The summed E-state index contributed by atoms with van der Waals surface area (Å²) in [6, 6.07) is 16.0. The third-order valence-electron chi connectivity index (χ3n) is 4.61. The van der Waals surface area contributed by atoms with Gasteiger partial charge in [-0.25, -0.2) is 16.8 Å². The van der Waals surface area contributed by atoms with E-state index < -0.39 is 30.7 Å².